The molecule has 0 saturated carbocycles. The molecule has 1 unspecified atom stereocenters. The summed E-state index contributed by atoms with van der Waals surface area (Å²) in [5.41, 5.74) is 1.41. The molecule has 128 valence electrons. The minimum Gasteiger partial charge on any atom is -0.393 e. The molecule has 2 fully saturated rings. The third kappa shape index (κ3) is 3.82. The van der Waals surface area contributed by atoms with Crippen LogP contribution in [0.3, 0.4) is 0 Å². The zero-order chi connectivity index (χ0) is 16.4. The van der Waals surface area contributed by atoms with Gasteiger partial charge in [0.15, 0.2) is 0 Å². The number of piperidine rings is 2. The first-order valence-electron chi connectivity index (χ1n) is 8.59. The zero-order valence-electron chi connectivity index (χ0n) is 13.8. The zero-order valence-corrected chi connectivity index (χ0v) is 14.6. The lowest BCUT2D eigenvalue weighted by molar-refractivity contribution is -0.0781. The fourth-order valence-electron chi connectivity index (χ4n) is 3.86. The number of β-amino-alcohol motifs (C(OH)–C–C–N with tert-alkyl or cyclic N) is 1. The van der Waals surface area contributed by atoms with Gasteiger partial charge in [-0.1, -0.05) is 17.7 Å². The van der Waals surface area contributed by atoms with Crippen molar-refractivity contribution in [3.05, 3.63) is 28.8 Å². The molecular formula is C18H27ClN2O2. The Morgan fingerprint density at radius 3 is 2.65 bits per heavy atom. The number of halogens is 1. The van der Waals surface area contributed by atoms with Crippen molar-refractivity contribution in [2.45, 2.75) is 44.2 Å². The molecule has 0 radical (unpaired) electrons. The van der Waals surface area contributed by atoms with Crippen molar-refractivity contribution >= 4 is 17.3 Å². The van der Waals surface area contributed by atoms with E-state index in [2.05, 4.69) is 28.0 Å². The molecule has 23 heavy (non-hydrogen) atoms. The van der Waals surface area contributed by atoms with Gasteiger partial charge in [0.1, 0.15) is 5.60 Å². The lowest BCUT2D eigenvalue weighted by Crippen LogP contribution is -2.55. The number of aryl methyl sites for hydroxylation is 1. The molecule has 0 amide bonds. The Morgan fingerprint density at radius 1 is 1.26 bits per heavy atom. The largest absolute Gasteiger partial charge is 0.393 e. The van der Waals surface area contributed by atoms with E-state index in [4.69, 9.17) is 11.6 Å². The Labute approximate surface area is 143 Å². The molecule has 1 aromatic carbocycles. The van der Waals surface area contributed by atoms with E-state index in [-0.39, 0.29) is 6.61 Å². The number of hydrogen-bond acceptors (Lipinski definition) is 4. The maximum atomic E-state index is 10.4. The summed E-state index contributed by atoms with van der Waals surface area (Å²) in [5, 5.41) is 20.6. The molecule has 5 heteroatoms. The van der Waals surface area contributed by atoms with Gasteiger partial charge in [0.05, 0.1) is 6.61 Å². The molecule has 2 heterocycles. The van der Waals surface area contributed by atoms with E-state index in [1.165, 1.54) is 5.69 Å². The third-order valence-electron chi connectivity index (χ3n) is 5.38. The van der Waals surface area contributed by atoms with E-state index in [1.807, 2.05) is 6.92 Å². The van der Waals surface area contributed by atoms with Crippen molar-refractivity contribution in [3.8, 4) is 0 Å². The number of likely N-dealkylation sites (tertiary alicyclic amines) is 1. The summed E-state index contributed by atoms with van der Waals surface area (Å²) in [6, 6.07) is 6.79. The van der Waals surface area contributed by atoms with Crippen LogP contribution in [0.5, 0.6) is 0 Å². The summed E-state index contributed by atoms with van der Waals surface area (Å²) in [6.45, 7) is 5.55. The van der Waals surface area contributed by atoms with E-state index in [0.717, 1.165) is 49.5 Å². The summed E-state index contributed by atoms with van der Waals surface area (Å²) < 4.78 is 0. The van der Waals surface area contributed by atoms with E-state index < -0.39 is 5.60 Å². The second-order valence-corrected chi connectivity index (χ2v) is 7.52. The quantitative estimate of drug-likeness (QED) is 0.888. The topological polar surface area (TPSA) is 46.9 Å². The molecule has 0 bridgehead atoms. The van der Waals surface area contributed by atoms with Gasteiger partial charge in [0.2, 0.25) is 0 Å². The third-order valence-corrected chi connectivity index (χ3v) is 5.79. The fourth-order valence-corrected chi connectivity index (χ4v) is 4.03. The van der Waals surface area contributed by atoms with Crippen molar-refractivity contribution in [3.63, 3.8) is 0 Å². The van der Waals surface area contributed by atoms with Crippen LogP contribution in [-0.2, 0) is 0 Å². The molecule has 0 aromatic heterocycles. The van der Waals surface area contributed by atoms with Crippen LogP contribution in [0, 0.1) is 6.92 Å². The first-order valence-corrected chi connectivity index (χ1v) is 8.97. The average molecular weight is 339 g/mol. The summed E-state index contributed by atoms with van der Waals surface area (Å²) in [5.74, 6) is 0. The van der Waals surface area contributed by atoms with Crippen molar-refractivity contribution in [2.24, 2.45) is 0 Å². The second-order valence-electron chi connectivity index (χ2n) is 7.11. The van der Waals surface area contributed by atoms with E-state index in [0.29, 0.717) is 19.0 Å². The maximum Gasteiger partial charge on any atom is 0.100 e. The van der Waals surface area contributed by atoms with Gasteiger partial charge < -0.3 is 15.1 Å². The smallest absolute Gasteiger partial charge is 0.100 e. The lowest BCUT2D eigenvalue weighted by atomic mass is 9.91. The van der Waals surface area contributed by atoms with Crippen molar-refractivity contribution in [2.75, 3.05) is 37.7 Å². The van der Waals surface area contributed by atoms with Crippen LogP contribution in [0.2, 0.25) is 5.02 Å². The van der Waals surface area contributed by atoms with Gasteiger partial charge in [-0.05, 0) is 56.8 Å². The molecule has 2 N–H and O–H groups in total. The molecule has 1 aromatic rings. The first-order chi connectivity index (χ1) is 11.0. The Hall–Kier alpha value is -0.810. The normalized spacial score (nSPS) is 27.4. The summed E-state index contributed by atoms with van der Waals surface area (Å²) in [4.78, 5) is 4.77. The molecular weight excluding hydrogens is 312 g/mol. The van der Waals surface area contributed by atoms with Crippen molar-refractivity contribution in [1.29, 1.82) is 0 Å². The highest BCUT2D eigenvalue weighted by molar-refractivity contribution is 6.31. The summed E-state index contributed by atoms with van der Waals surface area (Å²) >= 11 is 6.24. The molecule has 2 saturated heterocycles. The lowest BCUT2D eigenvalue weighted by Gasteiger charge is -2.45. The van der Waals surface area contributed by atoms with Crippen LogP contribution in [0.4, 0.5) is 5.69 Å². The molecule has 0 spiro atoms. The van der Waals surface area contributed by atoms with Crippen LogP contribution < -0.4 is 4.90 Å². The van der Waals surface area contributed by atoms with Gasteiger partial charge in [-0.25, -0.2) is 0 Å². The van der Waals surface area contributed by atoms with Crippen LogP contribution in [0.15, 0.2) is 18.2 Å². The van der Waals surface area contributed by atoms with E-state index in [9.17, 15) is 10.2 Å². The van der Waals surface area contributed by atoms with E-state index >= 15 is 0 Å². The summed E-state index contributed by atoms with van der Waals surface area (Å²) in [7, 11) is 0. The Balaban J connectivity index is 1.59. The summed E-state index contributed by atoms with van der Waals surface area (Å²) in [6.07, 6.45) is 3.85. The van der Waals surface area contributed by atoms with E-state index in [1.54, 1.807) is 0 Å². The Morgan fingerprint density at radius 2 is 2.00 bits per heavy atom. The molecule has 4 nitrogen and oxygen atoms in total. The van der Waals surface area contributed by atoms with Crippen molar-refractivity contribution in [1.82, 2.24) is 4.90 Å². The average Bonchev–Trinajstić information content (AvgIpc) is 2.58. The Kier molecular flexibility index (Phi) is 5.16. The van der Waals surface area contributed by atoms with Crippen LogP contribution >= 0.6 is 11.6 Å². The monoisotopic (exact) mass is 338 g/mol. The Bertz CT molecular complexity index is 546. The number of hydrogen-bond donors (Lipinski definition) is 2. The minimum absolute atomic E-state index is 0.135. The number of rotatable bonds is 3. The SMILES string of the molecule is Cc1ccc(N2CCC(N3CCCC(O)(CO)C3)CC2)cc1Cl. The van der Waals surface area contributed by atoms with Gasteiger partial charge in [-0.15, -0.1) is 0 Å². The highest BCUT2D eigenvalue weighted by atomic mass is 35.5. The number of anilines is 1. The first kappa shape index (κ1) is 17.0. The molecule has 1 atom stereocenters. The van der Waals surface area contributed by atoms with Gasteiger partial charge in [-0.3, -0.25) is 4.90 Å². The molecule has 0 aliphatic carbocycles. The van der Waals surface area contributed by atoms with Crippen LogP contribution in [0.25, 0.3) is 0 Å². The number of aliphatic hydroxyl groups is 2. The highest BCUT2D eigenvalue weighted by Gasteiger charge is 2.36. The molecule has 2 aliphatic rings. The standard InChI is InChI=1S/C18H27ClN2O2/c1-14-3-4-16(11-17(14)19)20-9-5-15(6-10-20)21-8-2-7-18(23,12-21)13-22/h3-4,11,15,22-23H,2,5-10,12-13H2,1H3. The van der Waals surface area contributed by atoms with Gasteiger partial charge in [0.25, 0.3) is 0 Å². The molecule has 2 aliphatic heterocycles. The van der Waals surface area contributed by atoms with Crippen LogP contribution in [0.1, 0.15) is 31.2 Å². The van der Waals surface area contributed by atoms with Crippen molar-refractivity contribution < 1.29 is 10.2 Å². The van der Waals surface area contributed by atoms with Gasteiger partial charge in [-0.2, -0.15) is 0 Å². The predicted octanol–water partition coefficient (Wildman–Crippen LogP) is 2.44. The highest BCUT2D eigenvalue weighted by Crippen LogP contribution is 2.29. The van der Waals surface area contributed by atoms with Gasteiger partial charge >= 0.3 is 0 Å². The predicted molar refractivity (Wildman–Crippen MR) is 94.3 cm³/mol. The molecule has 3 rings (SSSR count). The minimum atomic E-state index is -0.903. The van der Waals surface area contributed by atoms with Crippen LogP contribution in [-0.4, -0.2) is 59.5 Å². The maximum absolute atomic E-state index is 10.4. The fraction of sp³-hybridized carbons (Fsp3) is 0.667. The number of aliphatic hydroxyl groups excluding tert-OH is 1. The van der Waals surface area contributed by atoms with Gasteiger partial charge in [0, 0.05) is 36.4 Å². The second kappa shape index (κ2) is 6.98. The number of nitrogens with zero attached hydrogens (tertiary/aromatic N) is 2. The number of benzene rings is 1.